The van der Waals surface area contributed by atoms with Crippen LogP contribution >= 0.6 is 0 Å². The van der Waals surface area contributed by atoms with Crippen molar-refractivity contribution in [3.63, 3.8) is 0 Å². The lowest BCUT2D eigenvalue weighted by Gasteiger charge is -2.29. The zero-order valence-electron chi connectivity index (χ0n) is 69.2. The van der Waals surface area contributed by atoms with E-state index in [1.807, 2.05) is 10.6 Å². The molecule has 0 fully saturated rings. The Labute approximate surface area is 701 Å². The fourth-order valence-electron chi connectivity index (χ4n) is 11.4. The summed E-state index contributed by atoms with van der Waals surface area (Å²) in [6.45, 7) is 12.9. The quantitative estimate of drug-likeness (QED) is 0.0164. The molecule has 16 atom stereocenters. The maximum absolute atomic E-state index is 14.5. The predicted octanol–water partition coefficient (Wildman–Crippen LogP) is -8.58. The summed E-state index contributed by atoms with van der Waals surface area (Å²) in [6, 6.07) is -17.6. The number of primary amides is 2. The van der Waals surface area contributed by atoms with Crippen LogP contribution in [-0.2, 0) is 107 Å². The van der Waals surface area contributed by atoms with Gasteiger partial charge in [0, 0.05) is 32.2 Å². The second kappa shape index (κ2) is 54.4. The van der Waals surface area contributed by atoms with Crippen LogP contribution in [-0.4, -0.2) is 271 Å². The van der Waals surface area contributed by atoms with Gasteiger partial charge >= 0.3 is 29.8 Å². The molecular formula is C74H119N21O27. The van der Waals surface area contributed by atoms with Gasteiger partial charge in [-0.15, -0.1) is 0 Å². The summed E-state index contributed by atoms with van der Waals surface area (Å²) >= 11 is 0. The summed E-state index contributed by atoms with van der Waals surface area (Å²) in [4.78, 5) is 278. The Morgan fingerprint density at radius 3 is 1.14 bits per heavy atom. The zero-order valence-corrected chi connectivity index (χ0v) is 69.2. The van der Waals surface area contributed by atoms with Crippen LogP contribution in [0.15, 0.2) is 30.3 Å². The molecule has 16 amide bonds. The maximum Gasteiger partial charge on any atom is 0.326 e. The third-order valence-corrected chi connectivity index (χ3v) is 18.2. The number of rotatable bonds is 59. The smallest absolute Gasteiger partial charge is 0.326 e. The van der Waals surface area contributed by atoms with Gasteiger partial charge in [-0.2, -0.15) is 0 Å². The van der Waals surface area contributed by atoms with Gasteiger partial charge in [0.15, 0.2) is 5.96 Å². The first-order valence-corrected chi connectivity index (χ1v) is 39.1. The van der Waals surface area contributed by atoms with Crippen molar-refractivity contribution in [1.29, 1.82) is 5.41 Å². The molecule has 48 nitrogen and oxygen atoms in total. The summed E-state index contributed by atoms with van der Waals surface area (Å²) in [5.41, 5.74) is 28.7. The van der Waals surface area contributed by atoms with Crippen LogP contribution < -0.4 is 108 Å². The van der Waals surface area contributed by atoms with E-state index < -0.39 is 285 Å². The van der Waals surface area contributed by atoms with Crippen LogP contribution in [0.25, 0.3) is 0 Å². The number of carbonyl (C=O) groups is 21. The van der Waals surface area contributed by atoms with E-state index in [0.717, 1.165) is 13.8 Å². The molecule has 1 aromatic carbocycles. The minimum absolute atomic E-state index is 0.000770. The summed E-state index contributed by atoms with van der Waals surface area (Å²) in [5, 5.41) is 100. The number of aliphatic carboxylic acids is 5. The highest BCUT2D eigenvalue weighted by atomic mass is 16.4. The number of carboxylic acid groups (broad SMARTS) is 5. The Hall–Kier alpha value is -12.8. The number of guanidine groups is 1. The number of carbonyl (C=O) groups excluding carboxylic acids is 16. The number of nitrogens with two attached hydrogens (primary N) is 5. The van der Waals surface area contributed by atoms with Gasteiger partial charge in [-0.3, -0.25) is 101 Å². The molecule has 0 aliphatic carbocycles. The van der Waals surface area contributed by atoms with E-state index >= 15 is 0 Å². The fraction of sp³-hybridized carbons (Fsp3) is 0.622. The van der Waals surface area contributed by atoms with Crippen LogP contribution in [0.4, 0.5) is 0 Å². The zero-order chi connectivity index (χ0) is 93.1. The van der Waals surface area contributed by atoms with Crippen molar-refractivity contribution in [3.05, 3.63) is 35.9 Å². The molecule has 1 aromatic rings. The molecule has 0 spiro atoms. The Morgan fingerprint density at radius 1 is 0.361 bits per heavy atom. The van der Waals surface area contributed by atoms with Crippen molar-refractivity contribution in [3.8, 4) is 0 Å². The lowest BCUT2D eigenvalue weighted by atomic mass is 10.00. The third kappa shape index (κ3) is 41.8. The van der Waals surface area contributed by atoms with Crippen LogP contribution in [0.3, 0.4) is 0 Å². The molecule has 0 aromatic heterocycles. The topological polar surface area (TPSA) is 814 Å². The molecule has 1 rings (SSSR count). The van der Waals surface area contributed by atoms with Gasteiger partial charge in [-0.1, -0.05) is 71.9 Å². The molecule has 0 aliphatic heterocycles. The number of unbranched alkanes of at least 4 members (excludes halogenated alkanes) is 1. The molecule has 0 saturated heterocycles. The molecule has 682 valence electrons. The molecular weight excluding hydrogens is 1610 g/mol. The monoisotopic (exact) mass is 1730 g/mol. The van der Waals surface area contributed by atoms with Crippen molar-refractivity contribution in [2.24, 2.45) is 46.4 Å². The highest BCUT2D eigenvalue weighted by molar-refractivity contribution is 6.02. The first kappa shape index (κ1) is 107. The van der Waals surface area contributed by atoms with E-state index in [1.54, 1.807) is 58.0 Å². The molecule has 0 saturated carbocycles. The minimum Gasteiger partial charge on any atom is -0.481 e. The van der Waals surface area contributed by atoms with Gasteiger partial charge in [-0.25, -0.2) is 4.79 Å². The van der Waals surface area contributed by atoms with Crippen molar-refractivity contribution in [2.45, 2.75) is 262 Å². The second-order valence-corrected chi connectivity index (χ2v) is 30.0. The van der Waals surface area contributed by atoms with E-state index in [4.69, 9.17) is 39.2 Å². The van der Waals surface area contributed by atoms with Crippen molar-refractivity contribution in [1.82, 2.24) is 79.8 Å². The summed E-state index contributed by atoms with van der Waals surface area (Å²) in [6.07, 6.45) is -9.75. The number of nitrogens with one attached hydrogen (secondary N) is 16. The molecule has 48 heteroatoms. The van der Waals surface area contributed by atoms with Crippen LogP contribution in [0.5, 0.6) is 0 Å². The maximum atomic E-state index is 14.5. The highest BCUT2D eigenvalue weighted by Gasteiger charge is 2.40. The number of aliphatic hydroxyl groups is 1. The van der Waals surface area contributed by atoms with Gasteiger partial charge in [0.25, 0.3) is 0 Å². The third-order valence-electron chi connectivity index (χ3n) is 18.2. The molecule has 0 unspecified atom stereocenters. The Bertz CT molecular complexity index is 3850. The van der Waals surface area contributed by atoms with Crippen LogP contribution in [0, 0.1) is 23.2 Å². The first-order valence-electron chi connectivity index (χ1n) is 39.1. The number of aliphatic hydroxyl groups excluding tert-OH is 1. The molecule has 0 heterocycles. The Morgan fingerprint density at radius 2 is 0.721 bits per heavy atom. The number of hydrogen-bond donors (Lipinski definition) is 27. The van der Waals surface area contributed by atoms with Crippen molar-refractivity contribution < 1.29 is 131 Å². The molecule has 0 aliphatic rings. The summed E-state index contributed by atoms with van der Waals surface area (Å²) in [5.74, 6) is -29.0. The number of amides is 16. The van der Waals surface area contributed by atoms with Crippen molar-refractivity contribution in [2.75, 3.05) is 13.1 Å². The standard InChI is InChI=1S/C74H119N21O27/c1-33(2)28-45(89-68(116)46(29-39-16-11-10-12-17-39)90-62(110)41(19-15-27-81-74(79)80)87-70(118)56(78)34(3)4)66(114)82-36(7)59(107)84-40(18-13-14-26-75)61(109)86-44(22-25-53(101)102)64(112)91-47(30-51(77)98)69(117)94-57(35(5)6)71(119)95-58(38(9)96)72(120)88-42(20-23-50(76)97)63(111)92-48(31-54(103)104)67(115)83-37(8)60(108)85-43(21-24-52(99)100)65(113)93-49(73(121)122)32-55(105)106/h10-12,16-17,33-38,40-49,56-58,96H,13-15,18-32,75,78H2,1-9H3,(H2,76,97)(H2,77,98)(H,82,114)(H,83,115)(H,84,107)(H,85,108)(H,86,109)(H,87,118)(H,88,120)(H,89,116)(H,90,110)(H,91,112)(H,92,111)(H,93,113)(H,94,117)(H,95,119)(H,99,100)(H,101,102)(H,103,104)(H,105,106)(H,121,122)(H4,79,80,81)/t36-,37-,38+,40-,41-,42-,43-,44-,45-,46-,47-,48-,49-,56-,57-,58-/m0/s1. The second-order valence-electron chi connectivity index (χ2n) is 30.0. The fourth-order valence-corrected chi connectivity index (χ4v) is 11.4. The minimum atomic E-state index is -2.17. The van der Waals surface area contributed by atoms with E-state index in [9.17, 15) is 126 Å². The van der Waals surface area contributed by atoms with Gasteiger partial charge in [-0.05, 0) is 108 Å². The number of hydrogen-bond acceptors (Lipinski definition) is 25. The molecule has 0 bridgehead atoms. The average Bonchev–Trinajstić information content (AvgIpc) is 0.851. The number of benzene rings is 1. The van der Waals surface area contributed by atoms with Crippen LogP contribution in [0.1, 0.15) is 164 Å². The van der Waals surface area contributed by atoms with Gasteiger partial charge in [0.05, 0.1) is 31.4 Å². The van der Waals surface area contributed by atoms with E-state index in [1.165, 1.54) is 20.8 Å². The lowest BCUT2D eigenvalue weighted by Crippen LogP contribution is -2.63. The van der Waals surface area contributed by atoms with E-state index in [2.05, 4.69) is 69.1 Å². The van der Waals surface area contributed by atoms with Gasteiger partial charge < -0.3 is 139 Å². The Balaban J connectivity index is 3.62. The van der Waals surface area contributed by atoms with Crippen LogP contribution in [0.2, 0.25) is 0 Å². The van der Waals surface area contributed by atoms with E-state index in [0.29, 0.717) is 5.56 Å². The normalized spacial score (nSPS) is 15.0. The number of carboxylic acids is 5. The van der Waals surface area contributed by atoms with E-state index in [-0.39, 0.29) is 75.8 Å². The molecule has 122 heavy (non-hydrogen) atoms. The lowest BCUT2D eigenvalue weighted by molar-refractivity contribution is -0.147. The van der Waals surface area contributed by atoms with Crippen molar-refractivity contribution >= 4 is 130 Å². The molecule has 0 radical (unpaired) electrons. The van der Waals surface area contributed by atoms with Gasteiger partial charge in [0.2, 0.25) is 94.5 Å². The highest BCUT2D eigenvalue weighted by Crippen LogP contribution is 2.15. The largest absolute Gasteiger partial charge is 0.481 e. The SMILES string of the molecule is CC(C)C[C@H](NC(=O)[C@H](Cc1ccccc1)NC(=O)[C@H](CCCNC(=N)N)NC(=O)[C@@H](N)C(C)C)C(=O)N[C@@H](C)C(=O)N[C@@H](CCCCN)C(=O)N[C@@H](CCC(=O)O)C(=O)N[C@@H](CC(N)=O)C(=O)N[C@H](C(=O)N[C@H](C(=O)N[C@@H](CCC(N)=O)C(=O)N[C@@H](CC(=O)O)C(=O)N[C@@H](C)C(=O)N[C@@H](CCC(=O)O)C(=O)N[C@@H](CC(=O)O)C(=O)O)[C@@H](C)O)C(C)C. The first-order chi connectivity index (χ1) is 56.9. The summed E-state index contributed by atoms with van der Waals surface area (Å²) in [7, 11) is 0. The average molecular weight is 1730 g/mol. The van der Waals surface area contributed by atoms with Gasteiger partial charge in [0.1, 0.15) is 84.6 Å². The molecule has 32 N–H and O–H groups in total. The summed E-state index contributed by atoms with van der Waals surface area (Å²) < 4.78 is 0. The Kier molecular flexibility index (Phi) is 47.8. The predicted molar refractivity (Wildman–Crippen MR) is 427 cm³/mol.